The molecule has 0 N–H and O–H groups in total. The quantitative estimate of drug-likeness (QED) is 0.645. The van der Waals surface area contributed by atoms with E-state index in [1.807, 2.05) is 30.3 Å². The lowest BCUT2D eigenvalue weighted by Gasteiger charge is -2.33. The Bertz CT molecular complexity index is 950. The minimum atomic E-state index is -3.80. The highest BCUT2D eigenvalue weighted by atomic mass is 35.5. The maximum atomic E-state index is 13.0. The molecule has 2 aromatic rings. The Hall–Kier alpha value is -1.71. The van der Waals surface area contributed by atoms with E-state index in [0.717, 1.165) is 23.4 Å². The summed E-state index contributed by atoms with van der Waals surface area (Å²) < 4.78 is 32.3. The fourth-order valence-corrected chi connectivity index (χ4v) is 6.09. The molecular formula is C19H21ClN2O4S2. The van der Waals surface area contributed by atoms with E-state index < -0.39 is 16.0 Å². The number of esters is 1. The number of rotatable bonds is 6. The minimum absolute atomic E-state index is 0.0146. The Morgan fingerprint density at radius 3 is 2.54 bits per heavy atom. The number of benzene rings is 1. The molecule has 1 aliphatic heterocycles. The third-order valence-electron chi connectivity index (χ3n) is 4.46. The molecule has 0 aliphatic carbocycles. The first-order valence-electron chi connectivity index (χ1n) is 8.73. The van der Waals surface area contributed by atoms with E-state index >= 15 is 0 Å². The van der Waals surface area contributed by atoms with Crippen molar-refractivity contribution >= 4 is 45.0 Å². The zero-order valence-electron chi connectivity index (χ0n) is 15.4. The van der Waals surface area contributed by atoms with Crippen LogP contribution in [0.5, 0.6) is 0 Å². The molecule has 1 fully saturated rings. The second-order valence-corrected chi connectivity index (χ2v) is 9.84. The van der Waals surface area contributed by atoms with Crippen molar-refractivity contribution in [2.24, 2.45) is 0 Å². The lowest BCUT2D eigenvalue weighted by atomic mass is 10.2. The molecule has 2 heterocycles. The first-order valence-corrected chi connectivity index (χ1v) is 11.4. The van der Waals surface area contributed by atoms with E-state index in [-0.39, 0.29) is 14.1 Å². The number of carbonyl (C=O) groups excluding carboxylic acids is 1. The maximum absolute atomic E-state index is 13.0. The van der Waals surface area contributed by atoms with E-state index in [0.29, 0.717) is 26.2 Å². The van der Waals surface area contributed by atoms with Crippen LogP contribution in [0.3, 0.4) is 0 Å². The van der Waals surface area contributed by atoms with Crippen molar-refractivity contribution in [1.29, 1.82) is 0 Å². The zero-order chi connectivity index (χ0) is 20.1. The number of sulfonamides is 1. The molecule has 1 aliphatic rings. The zero-order valence-corrected chi connectivity index (χ0v) is 17.8. The van der Waals surface area contributed by atoms with Crippen molar-refractivity contribution in [3.63, 3.8) is 0 Å². The molecule has 0 unspecified atom stereocenters. The normalized spacial score (nSPS) is 16.5. The molecule has 6 nitrogen and oxygen atoms in total. The summed E-state index contributed by atoms with van der Waals surface area (Å²) in [6.07, 6.45) is 4.13. The highest BCUT2D eigenvalue weighted by Crippen LogP contribution is 2.33. The summed E-state index contributed by atoms with van der Waals surface area (Å²) in [5.41, 5.74) is 1.13. The van der Waals surface area contributed by atoms with Gasteiger partial charge in [0.2, 0.25) is 10.0 Å². The molecule has 1 aromatic carbocycles. The van der Waals surface area contributed by atoms with Crippen LogP contribution in [0, 0.1) is 0 Å². The summed E-state index contributed by atoms with van der Waals surface area (Å²) in [6.45, 7) is 2.69. The standard InChI is InChI=1S/C19H21ClN2O4S2/c1-26-19(23)18-16(14-17(20)27-18)28(24,25)22-12-10-21(11-13-22)9-5-8-15-6-3-2-4-7-15/h2-8,14H,9-13H2,1H3/b8-5+. The van der Waals surface area contributed by atoms with Gasteiger partial charge in [0.15, 0.2) is 0 Å². The van der Waals surface area contributed by atoms with Crippen LogP contribution >= 0.6 is 22.9 Å². The Morgan fingerprint density at radius 2 is 1.89 bits per heavy atom. The van der Waals surface area contributed by atoms with Gasteiger partial charge in [0, 0.05) is 32.7 Å². The smallest absolute Gasteiger partial charge is 0.349 e. The number of thiophene rings is 1. The molecule has 28 heavy (non-hydrogen) atoms. The monoisotopic (exact) mass is 440 g/mol. The summed E-state index contributed by atoms with van der Waals surface area (Å²) in [5, 5.41) is 0. The van der Waals surface area contributed by atoms with Gasteiger partial charge in [-0.2, -0.15) is 4.31 Å². The first-order chi connectivity index (χ1) is 13.4. The predicted molar refractivity (Wildman–Crippen MR) is 111 cm³/mol. The summed E-state index contributed by atoms with van der Waals surface area (Å²) in [6, 6.07) is 11.3. The summed E-state index contributed by atoms with van der Waals surface area (Å²) in [7, 11) is -2.58. The van der Waals surface area contributed by atoms with Gasteiger partial charge in [-0.3, -0.25) is 4.90 Å². The molecular weight excluding hydrogens is 420 g/mol. The van der Waals surface area contributed by atoms with Crippen LogP contribution in [0.15, 0.2) is 47.4 Å². The Morgan fingerprint density at radius 1 is 1.21 bits per heavy atom. The number of hydrogen-bond donors (Lipinski definition) is 0. The minimum Gasteiger partial charge on any atom is -0.465 e. The summed E-state index contributed by atoms with van der Waals surface area (Å²) in [4.78, 5) is 14.0. The van der Waals surface area contributed by atoms with Crippen molar-refractivity contribution < 1.29 is 17.9 Å². The van der Waals surface area contributed by atoms with E-state index in [1.165, 1.54) is 17.5 Å². The summed E-state index contributed by atoms with van der Waals surface area (Å²) in [5.74, 6) is -0.694. The van der Waals surface area contributed by atoms with Gasteiger partial charge < -0.3 is 4.74 Å². The highest BCUT2D eigenvalue weighted by Gasteiger charge is 2.33. The number of nitrogens with zero attached hydrogens (tertiary/aromatic N) is 2. The van der Waals surface area contributed by atoms with E-state index in [2.05, 4.69) is 21.8 Å². The average Bonchev–Trinajstić information content (AvgIpc) is 3.11. The van der Waals surface area contributed by atoms with Gasteiger partial charge in [0.1, 0.15) is 9.77 Å². The van der Waals surface area contributed by atoms with Crippen LogP contribution < -0.4 is 0 Å². The maximum Gasteiger partial charge on any atom is 0.349 e. The highest BCUT2D eigenvalue weighted by molar-refractivity contribution is 7.89. The fraction of sp³-hybridized carbons (Fsp3) is 0.316. The third kappa shape index (κ3) is 4.82. The molecule has 9 heteroatoms. The van der Waals surface area contributed by atoms with Crippen molar-refractivity contribution in [3.05, 3.63) is 57.3 Å². The van der Waals surface area contributed by atoms with Gasteiger partial charge in [-0.15, -0.1) is 11.3 Å². The number of methoxy groups -OCH3 is 1. The van der Waals surface area contributed by atoms with Crippen LogP contribution in [0.2, 0.25) is 4.34 Å². The molecule has 0 bridgehead atoms. The van der Waals surface area contributed by atoms with Gasteiger partial charge >= 0.3 is 5.97 Å². The van der Waals surface area contributed by atoms with Gasteiger partial charge in [-0.25, -0.2) is 13.2 Å². The Balaban J connectivity index is 1.63. The van der Waals surface area contributed by atoms with Gasteiger partial charge in [0.25, 0.3) is 0 Å². The van der Waals surface area contributed by atoms with E-state index in [9.17, 15) is 13.2 Å². The molecule has 1 aromatic heterocycles. The fourth-order valence-electron chi connectivity index (χ4n) is 2.97. The number of halogens is 1. The largest absolute Gasteiger partial charge is 0.465 e. The molecule has 0 spiro atoms. The topological polar surface area (TPSA) is 66.9 Å². The lowest BCUT2D eigenvalue weighted by molar-refractivity contribution is 0.0602. The molecule has 0 saturated carbocycles. The van der Waals surface area contributed by atoms with Crippen LogP contribution in [-0.2, 0) is 14.8 Å². The molecule has 1 saturated heterocycles. The lowest BCUT2D eigenvalue weighted by Crippen LogP contribution is -2.48. The Labute approximate surface area is 174 Å². The second-order valence-electron chi connectivity index (χ2n) is 6.25. The average molecular weight is 441 g/mol. The predicted octanol–water partition coefficient (Wildman–Crippen LogP) is 3.21. The third-order valence-corrected chi connectivity index (χ3v) is 7.76. The first kappa shape index (κ1) is 21.0. The number of carbonyl (C=O) groups is 1. The molecule has 0 amide bonds. The second kappa shape index (κ2) is 9.19. The van der Waals surface area contributed by atoms with Crippen LogP contribution in [0.25, 0.3) is 6.08 Å². The van der Waals surface area contributed by atoms with Gasteiger partial charge in [0.05, 0.1) is 11.4 Å². The van der Waals surface area contributed by atoms with Crippen LogP contribution in [0.1, 0.15) is 15.2 Å². The van der Waals surface area contributed by atoms with E-state index in [4.69, 9.17) is 11.6 Å². The molecule has 150 valence electrons. The van der Waals surface area contributed by atoms with Gasteiger partial charge in [-0.1, -0.05) is 54.1 Å². The number of piperazine rings is 1. The van der Waals surface area contributed by atoms with Crippen LogP contribution in [0.4, 0.5) is 0 Å². The van der Waals surface area contributed by atoms with Crippen molar-refractivity contribution in [2.45, 2.75) is 4.90 Å². The molecule has 3 rings (SSSR count). The van der Waals surface area contributed by atoms with Crippen molar-refractivity contribution in [1.82, 2.24) is 9.21 Å². The number of hydrogen-bond acceptors (Lipinski definition) is 6. The van der Waals surface area contributed by atoms with E-state index in [1.54, 1.807) is 0 Å². The Kier molecular flexibility index (Phi) is 6.90. The molecule has 0 atom stereocenters. The van der Waals surface area contributed by atoms with Crippen molar-refractivity contribution in [2.75, 3.05) is 39.8 Å². The van der Waals surface area contributed by atoms with Gasteiger partial charge in [-0.05, 0) is 11.6 Å². The van der Waals surface area contributed by atoms with Crippen molar-refractivity contribution in [3.8, 4) is 0 Å². The SMILES string of the molecule is COC(=O)c1sc(Cl)cc1S(=O)(=O)N1CCN(C/C=C/c2ccccc2)CC1. The van der Waals surface area contributed by atoms with Crippen LogP contribution in [-0.4, -0.2) is 63.4 Å². The number of ether oxygens (including phenoxy) is 1. The summed E-state index contributed by atoms with van der Waals surface area (Å²) >= 11 is 6.87. The molecule has 0 radical (unpaired) electrons.